The molecule has 2 aromatic rings. The predicted octanol–water partition coefficient (Wildman–Crippen LogP) is 3.31. The number of thioether (sulfide) groups is 1. The van der Waals surface area contributed by atoms with Gasteiger partial charge in [-0.1, -0.05) is 18.2 Å². The van der Waals surface area contributed by atoms with Gasteiger partial charge in [-0.05, 0) is 74.1 Å². The molecule has 0 aromatic heterocycles. The lowest BCUT2D eigenvalue weighted by Crippen LogP contribution is -2.47. The van der Waals surface area contributed by atoms with Crippen LogP contribution in [-0.2, 0) is 14.8 Å². The number of carbonyl (C=O) groups excluding carboxylic acids is 1. The SMILES string of the molecule is CSCC[C@H](NS(=O)(=O)c1cc(C)ccc1C)C(=O)N[C@H](C)c1ccc2c(c1)OCO2. The minimum atomic E-state index is -3.85. The highest BCUT2D eigenvalue weighted by atomic mass is 32.2. The van der Waals surface area contributed by atoms with Crippen molar-refractivity contribution in [3.63, 3.8) is 0 Å². The number of fused-ring (bicyclic) bond motifs is 1. The summed E-state index contributed by atoms with van der Waals surface area (Å²) < 4.78 is 39.4. The van der Waals surface area contributed by atoms with Gasteiger partial charge in [-0.2, -0.15) is 16.5 Å². The zero-order chi connectivity index (χ0) is 22.6. The van der Waals surface area contributed by atoms with Crippen LogP contribution in [0.1, 0.15) is 36.1 Å². The van der Waals surface area contributed by atoms with Crippen molar-refractivity contribution in [2.75, 3.05) is 18.8 Å². The molecule has 2 atom stereocenters. The quantitative estimate of drug-likeness (QED) is 0.591. The molecule has 0 saturated heterocycles. The molecule has 9 heteroatoms. The molecule has 0 spiro atoms. The van der Waals surface area contributed by atoms with Crippen LogP contribution in [0.5, 0.6) is 11.5 Å². The summed E-state index contributed by atoms with van der Waals surface area (Å²) in [6.45, 7) is 5.60. The van der Waals surface area contributed by atoms with Crippen molar-refractivity contribution >= 4 is 27.7 Å². The fourth-order valence-electron chi connectivity index (χ4n) is 3.31. The number of hydrogen-bond donors (Lipinski definition) is 2. The van der Waals surface area contributed by atoms with Crippen LogP contribution in [0.15, 0.2) is 41.3 Å². The predicted molar refractivity (Wildman–Crippen MR) is 122 cm³/mol. The van der Waals surface area contributed by atoms with Crippen LogP contribution in [0.2, 0.25) is 0 Å². The highest BCUT2D eigenvalue weighted by Gasteiger charge is 2.28. The fraction of sp³-hybridized carbons (Fsp3) is 0.409. The van der Waals surface area contributed by atoms with Crippen LogP contribution in [0.25, 0.3) is 0 Å². The first-order valence-corrected chi connectivity index (χ1v) is 12.9. The van der Waals surface area contributed by atoms with Crippen molar-refractivity contribution in [3.8, 4) is 11.5 Å². The lowest BCUT2D eigenvalue weighted by atomic mass is 10.1. The maximum atomic E-state index is 13.0. The topological polar surface area (TPSA) is 93.7 Å². The number of sulfonamides is 1. The summed E-state index contributed by atoms with van der Waals surface area (Å²) in [5.41, 5.74) is 2.32. The third-order valence-corrected chi connectivity index (χ3v) is 7.37. The molecule has 0 fully saturated rings. The third-order valence-electron chi connectivity index (χ3n) is 5.11. The van der Waals surface area contributed by atoms with Crippen LogP contribution < -0.4 is 19.5 Å². The van der Waals surface area contributed by atoms with E-state index in [0.29, 0.717) is 29.2 Å². The molecule has 0 saturated carbocycles. The summed E-state index contributed by atoms with van der Waals surface area (Å²) in [4.78, 5) is 13.2. The summed E-state index contributed by atoms with van der Waals surface area (Å²) in [6.07, 6.45) is 2.30. The highest BCUT2D eigenvalue weighted by molar-refractivity contribution is 7.98. The lowest BCUT2D eigenvalue weighted by molar-refractivity contribution is -0.123. The zero-order valence-electron chi connectivity index (χ0n) is 18.1. The highest BCUT2D eigenvalue weighted by Crippen LogP contribution is 2.34. The molecule has 1 aliphatic heterocycles. The molecule has 0 bridgehead atoms. The number of amides is 1. The minimum absolute atomic E-state index is 0.177. The summed E-state index contributed by atoms with van der Waals surface area (Å²) in [5, 5.41) is 2.92. The fourth-order valence-corrected chi connectivity index (χ4v) is 5.34. The minimum Gasteiger partial charge on any atom is -0.454 e. The lowest BCUT2D eigenvalue weighted by Gasteiger charge is -2.22. The molecular formula is C22H28N2O5S2. The molecule has 0 aliphatic carbocycles. The molecule has 0 radical (unpaired) electrons. The standard InChI is InChI=1S/C22H28N2O5S2/c1-14-5-6-15(2)21(11-14)31(26,27)24-18(9-10-30-4)22(25)23-16(3)17-7-8-19-20(12-17)29-13-28-19/h5-8,11-12,16,18,24H,9-10,13H2,1-4H3,(H,23,25)/t16-,18+/m1/s1. The number of nitrogens with one attached hydrogen (secondary N) is 2. The van der Waals surface area contributed by atoms with Crippen molar-refractivity contribution in [1.82, 2.24) is 10.0 Å². The van der Waals surface area contributed by atoms with E-state index in [1.807, 2.05) is 38.3 Å². The van der Waals surface area contributed by atoms with Gasteiger partial charge in [0, 0.05) is 0 Å². The van der Waals surface area contributed by atoms with E-state index in [1.165, 1.54) is 0 Å². The van der Waals surface area contributed by atoms with Gasteiger partial charge in [0.2, 0.25) is 22.7 Å². The van der Waals surface area contributed by atoms with Crippen molar-refractivity contribution in [2.45, 2.75) is 44.2 Å². The summed E-state index contributed by atoms with van der Waals surface area (Å²) in [7, 11) is -3.85. The van der Waals surface area contributed by atoms with Gasteiger partial charge < -0.3 is 14.8 Å². The maximum Gasteiger partial charge on any atom is 0.241 e. The van der Waals surface area contributed by atoms with Gasteiger partial charge in [-0.15, -0.1) is 0 Å². The van der Waals surface area contributed by atoms with E-state index in [2.05, 4.69) is 10.0 Å². The third kappa shape index (κ3) is 5.72. The average Bonchev–Trinajstić information content (AvgIpc) is 3.20. The Bertz CT molecular complexity index is 1060. The number of aryl methyl sites for hydroxylation is 2. The number of benzene rings is 2. The zero-order valence-corrected chi connectivity index (χ0v) is 19.7. The maximum absolute atomic E-state index is 13.0. The normalized spacial score (nSPS) is 14.8. The van der Waals surface area contributed by atoms with Gasteiger partial charge in [-0.25, -0.2) is 8.42 Å². The Labute approximate surface area is 188 Å². The number of ether oxygens (including phenoxy) is 2. The molecule has 7 nitrogen and oxygen atoms in total. The number of carbonyl (C=O) groups is 1. The van der Waals surface area contributed by atoms with Crippen molar-refractivity contribution < 1.29 is 22.7 Å². The summed E-state index contributed by atoms with van der Waals surface area (Å²) >= 11 is 1.56. The molecule has 1 amide bonds. The second kappa shape index (κ2) is 9.93. The molecule has 2 aromatic carbocycles. The van der Waals surface area contributed by atoms with Crippen LogP contribution in [0.3, 0.4) is 0 Å². The molecule has 0 unspecified atom stereocenters. The first-order chi connectivity index (χ1) is 14.7. The van der Waals surface area contributed by atoms with Gasteiger partial charge in [0.05, 0.1) is 10.9 Å². The van der Waals surface area contributed by atoms with Crippen LogP contribution in [0, 0.1) is 13.8 Å². The summed E-state index contributed by atoms with van der Waals surface area (Å²) in [5.74, 6) is 1.58. The number of rotatable bonds is 9. The van der Waals surface area contributed by atoms with Gasteiger partial charge in [0.25, 0.3) is 0 Å². The first-order valence-electron chi connectivity index (χ1n) is 9.99. The molecule has 168 valence electrons. The molecule has 31 heavy (non-hydrogen) atoms. The van der Waals surface area contributed by atoms with Gasteiger partial charge in [0.15, 0.2) is 11.5 Å². The van der Waals surface area contributed by atoms with E-state index in [-0.39, 0.29) is 23.6 Å². The van der Waals surface area contributed by atoms with Crippen LogP contribution in [-0.4, -0.2) is 39.2 Å². The average molecular weight is 465 g/mol. The van der Waals surface area contributed by atoms with Crippen molar-refractivity contribution in [1.29, 1.82) is 0 Å². The van der Waals surface area contributed by atoms with E-state index < -0.39 is 16.1 Å². The van der Waals surface area contributed by atoms with Crippen LogP contribution >= 0.6 is 11.8 Å². The second-order valence-corrected chi connectivity index (χ2v) is 10.2. The van der Waals surface area contributed by atoms with Gasteiger partial charge >= 0.3 is 0 Å². The number of hydrogen-bond acceptors (Lipinski definition) is 6. The van der Waals surface area contributed by atoms with E-state index in [9.17, 15) is 13.2 Å². The monoisotopic (exact) mass is 464 g/mol. The Kier molecular flexibility index (Phi) is 7.51. The largest absolute Gasteiger partial charge is 0.454 e. The van der Waals surface area contributed by atoms with E-state index >= 15 is 0 Å². The Morgan fingerprint density at radius 2 is 1.87 bits per heavy atom. The molecule has 1 heterocycles. The molecular weight excluding hydrogens is 436 g/mol. The van der Waals surface area contributed by atoms with Crippen LogP contribution in [0.4, 0.5) is 0 Å². The van der Waals surface area contributed by atoms with Crippen molar-refractivity contribution in [2.24, 2.45) is 0 Å². The summed E-state index contributed by atoms with van der Waals surface area (Å²) in [6, 6.07) is 9.52. The Balaban J connectivity index is 1.76. The Morgan fingerprint density at radius 3 is 2.61 bits per heavy atom. The van der Waals surface area contributed by atoms with Gasteiger partial charge in [-0.3, -0.25) is 4.79 Å². The second-order valence-electron chi connectivity index (χ2n) is 7.57. The first kappa shape index (κ1) is 23.4. The van der Waals surface area contributed by atoms with Crippen molar-refractivity contribution in [3.05, 3.63) is 53.1 Å². The molecule has 3 rings (SSSR count). The molecule has 1 aliphatic rings. The van der Waals surface area contributed by atoms with Gasteiger partial charge in [0.1, 0.15) is 6.04 Å². The Morgan fingerprint density at radius 1 is 1.13 bits per heavy atom. The smallest absolute Gasteiger partial charge is 0.241 e. The Hall–Kier alpha value is -2.23. The van der Waals surface area contributed by atoms with E-state index in [4.69, 9.17) is 9.47 Å². The van der Waals surface area contributed by atoms with E-state index in [1.54, 1.807) is 36.9 Å². The van der Waals surface area contributed by atoms with E-state index in [0.717, 1.165) is 11.1 Å². The molecule has 2 N–H and O–H groups in total.